The molecule has 2 fully saturated rings. The predicted octanol–water partition coefficient (Wildman–Crippen LogP) is 5.01. The van der Waals surface area contributed by atoms with E-state index in [4.69, 9.17) is 4.74 Å². The Kier molecular flexibility index (Phi) is 7.55. The summed E-state index contributed by atoms with van der Waals surface area (Å²) in [5, 5.41) is 1.79. The minimum absolute atomic E-state index is 0.163. The number of benzene rings is 1. The maximum atomic E-state index is 14.9. The average Bonchev–Trinajstić information content (AvgIpc) is 3.26. The molecule has 1 aromatic carbocycles. The van der Waals surface area contributed by atoms with Gasteiger partial charge in [0.25, 0.3) is 5.24 Å². The lowest BCUT2D eigenvalue weighted by Crippen LogP contribution is -2.36. The zero-order chi connectivity index (χ0) is 26.8. The highest BCUT2D eigenvalue weighted by atomic mass is 32.2. The van der Waals surface area contributed by atoms with Crippen LogP contribution in [0, 0.1) is 24.5 Å². The van der Waals surface area contributed by atoms with Crippen molar-refractivity contribution in [2.45, 2.75) is 39.2 Å². The van der Waals surface area contributed by atoms with Crippen LogP contribution < -0.4 is 15.0 Å². The van der Waals surface area contributed by atoms with Crippen LogP contribution in [0.15, 0.2) is 36.7 Å². The normalized spacial score (nSPS) is 18.1. The molecule has 0 bridgehead atoms. The fourth-order valence-electron chi connectivity index (χ4n) is 4.65. The summed E-state index contributed by atoms with van der Waals surface area (Å²) >= 11 is 0.600. The van der Waals surface area contributed by atoms with Gasteiger partial charge in [0.15, 0.2) is 17.4 Å². The number of rotatable bonds is 7. The lowest BCUT2D eigenvalue weighted by molar-refractivity contribution is -0.112. The highest BCUT2D eigenvalue weighted by Crippen LogP contribution is 2.33. The summed E-state index contributed by atoms with van der Waals surface area (Å²) in [6.07, 6.45) is 6.18. The lowest BCUT2D eigenvalue weighted by atomic mass is 9.98. The zero-order valence-electron chi connectivity index (χ0n) is 21.0. The maximum absolute atomic E-state index is 14.9. The molecule has 198 valence electrons. The Balaban J connectivity index is 1.21. The van der Waals surface area contributed by atoms with E-state index in [9.17, 15) is 18.4 Å². The molecule has 5 rings (SSSR count). The number of hydrogen-bond acceptors (Lipinski definition) is 8. The highest BCUT2D eigenvalue weighted by Gasteiger charge is 2.34. The van der Waals surface area contributed by atoms with E-state index >= 15 is 0 Å². The number of ether oxygens (including phenoxy) is 1. The van der Waals surface area contributed by atoms with Gasteiger partial charge in [-0.25, -0.2) is 18.7 Å². The number of carbonyl (C=O) groups excluding carboxylic acids is 2. The van der Waals surface area contributed by atoms with Crippen LogP contribution in [0.2, 0.25) is 0 Å². The molecular formula is C27H27F2N5O3S. The van der Waals surface area contributed by atoms with Gasteiger partial charge in [0.1, 0.15) is 6.04 Å². The van der Waals surface area contributed by atoms with E-state index in [2.05, 4.69) is 32.1 Å². The second-order valence-electron chi connectivity index (χ2n) is 9.41. The highest BCUT2D eigenvalue weighted by molar-refractivity contribution is 8.26. The van der Waals surface area contributed by atoms with Crippen LogP contribution in [-0.2, 0) is 11.2 Å². The summed E-state index contributed by atoms with van der Waals surface area (Å²) in [4.78, 5) is 38.8. The standard InChI is InChI=1S/C27H27F2N5O3S/c1-3-16-12-30-26(31-13-16)34-8-6-17(7-9-34)14-37-24-20(28)10-18(11-21(24)29)19-4-5-22(32-15(19)2)23-25(35)38-27(36)33-23/h4-5,10-13,17,23H,3,6-9,14H2,1-2H3,(H,33,36). The van der Waals surface area contributed by atoms with Crippen LogP contribution in [0.5, 0.6) is 5.75 Å². The minimum atomic E-state index is -0.828. The van der Waals surface area contributed by atoms with Crippen LogP contribution in [0.1, 0.15) is 42.8 Å². The number of thioether (sulfide) groups is 1. The Morgan fingerprint density at radius 3 is 2.37 bits per heavy atom. The number of piperidine rings is 1. The van der Waals surface area contributed by atoms with E-state index in [1.54, 1.807) is 19.1 Å². The molecule has 3 aromatic rings. The molecule has 2 aromatic heterocycles. The number of halogens is 2. The summed E-state index contributed by atoms with van der Waals surface area (Å²) in [6, 6.07) is 4.83. The summed E-state index contributed by atoms with van der Waals surface area (Å²) in [7, 11) is 0. The predicted molar refractivity (Wildman–Crippen MR) is 140 cm³/mol. The quantitative estimate of drug-likeness (QED) is 0.448. The monoisotopic (exact) mass is 539 g/mol. The molecule has 1 unspecified atom stereocenters. The van der Waals surface area contributed by atoms with E-state index in [0.29, 0.717) is 40.2 Å². The molecule has 0 spiro atoms. The topological polar surface area (TPSA) is 97.3 Å². The number of anilines is 1. The van der Waals surface area contributed by atoms with E-state index in [-0.39, 0.29) is 17.6 Å². The average molecular weight is 540 g/mol. The largest absolute Gasteiger partial charge is 0.487 e. The Labute approximate surface area is 223 Å². The van der Waals surface area contributed by atoms with Gasteiger partial charge in [0.2, 0.25) is 11.1 Å². The van der Waals surface area contributed by atoms with Gasteiger partial charge in [-0.15, -0.1) is 0 Å². The van der Waals surface area contributed by atoms with Crippen molar-refractivity contribution in [3.63, 3.8) is 0 Å². The van der Waals surface area contributed by atoms with Crippen molar-refractivity contribution >= 4 is 28.1 Å². The number of nitrogens with one attached hydrogen (secondary N) is 1. The van der Waals surface area contributed by atoms with Crippen LogP contribution >= 0.6 is 11.8 Å². The number of pyridine rings is 1. The zero-order valence-corrected chi connectivity index (χ0v) is 21.9. The maximum Gasteiger partial charge on any atom is 0.287 e. The molecule has 1 N–H and O–H groups in total. The van der Waals surface area contributed by atoms with E-state index in [1.807, 2.05) is 12.4 Å². The number of nitrogens with zero attached hydrogens (tertiary/aromatic N) is 4. The van der Waals surface area contributed by atoms with Crippen molar-refractivity contribution in [1.29, 1.82) is 0 Å². The number of amides is 1. The van der Waals surface area contributed by atoms with Crippen LogP contribution in [0.25, 0.3) is 11.1 Å². The number of hydrogen-bond donors (Lipinski definition) is 1. The smallest absolute Gasteiger partial charge is 0.287 e. The summed E-state index contributed by atoms with van der Waals surface area (Å²) in [5.74, 6) is -1.12. The molecule has 0 saturated carbocycles. The van der Waals surface area contributed by atoms with E-state index in [0.717, 1.165) is 37.9 Å². The second kappa shape index (κ2) is 11.0. The number of aromatic nitrogens is 3. The van der Waals surface area contributed by atoms with Crippen molar-refractivity contribution in [3.8, 4) is 16.9 Å². The van der Waals surface area contributed by atoms with Crippen molar-refractivity contribution in [2.75, 3.05) is 24.6 Å². The molecular weight excluding hydrogens is 512 g/mol. The van der Waals surface area contributed by atoms with Gasteiger partial charge in [-0.2, -0.15) is 0 Å². The van der Waals surface area contributed by atoms with Crippen LogP contribution in [0.3, 0.4) is 0 Å². The molecule has 4 heterocycles. The first-order chi connectivity index (χ1) is 18.3. The van der Waals surface area contributed by atoms with Gasteiger partial charge in [0, 0.05) is 48.5 Å². The van der Waals surface area contributed by atoms with Gasteiger partial charge >= 0.3 is 0 Å². The summed E-state index contributed by atoms with van der Waals surface area (Å²) < 4.78 is 35.5. The van der Waals surface area contributed by atoms with Crippen LogP contribution in [-0.4, -0.2) is 45.0 Å². The molecule has 0 radical (unpaired) electrons. The Bertz CT molecular complexity index is 1340. The Morgan fingerprint density at radius 1 is 1.11 bits per heavy atom. The molecule has 11 heteroatoms. The third kappa shape index (κ3) is 5.47. The van der Waals surface area contributed by atoms with Crippen molar-refractivity contribution in [3.05, 3.63) is 65.2 Å². The molecule has 38 heavy (non-hydrogen) atoms. The molecule has 2 saturated heterocycles. The first-order valence-corrected chi connectivity index (χ1v) is 13.3. The molecule has 2 aliphatic heterocycles. The number of aryl methyl sites for hydroxylation is 2. The third-order valence-electron chi connectivity index (χ3n) is 6.86. The molecule has 2 aliphatic rings. The van der Waals surface area contributed by atoms with Gasteiger partial charge in [-0.3, -0.25) is 14.6 Å². The summed E-state index contributed by atoms with van der Waals surface area (Å²) in [5.41, 5.74) is 2.77. The molecule has 8 nitrogen and oxygen atoms in total. The fourth-order valence-corrected chi connectivity index (χ4v) is 5.30. The van der Waals surface area contributed by atoms with E-state index < -0.39 is 28.7 Å². The molecule has 0 aliphatic carbocycles. The van der Waals surface area contributed by atoms with Gasteiger partial charge in [-0.1, -0.05) is 13.0 Å². The first-order valence-electron chi connectivity index (χ1n) is 12.5. The van der Waals surface area contributed by atoms with Gasteiger partial charge < -0.3 is 15.0 Å². The minimum Gasteiger partial charge on any atom is -0.487 e. The van der Waals surface area contributed by atoms with Crippen molar-refractivity contribution in [1.82, 2.24) is 20.3 Å². The van der Waals surface area contributed by atoms with Crippen LogP contribution in [0.4, 0.5) is 19.5 Å². The molecule has 1 atom stereocenters. The summed E-state index contributed by atoms with van der Waals surface area (Å²) in [6.45, 7) is 5.46. The Hall–Kier alpha value is -3.60. The van der Waals surface area contributed by atoms with Gasteiger partial charge in [0.05, 0.1) is 12.3 Å². The number of carbonyl (C=O) groups is 2. The Morgan fingerprint density at radius 2 is 1.79 bits per heavy atom. The SMILES string of the molecule is CCc1cnc(N2CCC(COc3c(F)cc(-c4ccc(C5NC(=O)SC5=O)nc4C)cc3F)CC2)nc1. The van der Waals surface area contributed by atoms with Crippen molar-refractivity contribution in [2.24, 2.45) is 5.92 Å². The fraction of sp³-hybridized carbons (Fsp3) is 0.370. The first kappa shape index (κ1) is 26.0. The lowest BCUT2D eigenvalue weighted by Gasteiger charge is -2.31. The van der Waals surface area contributed by atoms with Gasteiger partial charge in [-0.05, 0) is 61.4 Å². The third-order valence-corrected chi connectivity index (χ3v) is 7.60. The molecule has 1 amide bonds. The van der Waals surface area contributed by atoms with E-state index in [1.165, 1.54) is 12.1 Å². The second-order valence-corrected chi connectivity index (χ2v) is 10.4. The van der Waals surface area contributed by atoms with Crippen molar-refractivity contribution < 1.29 is 23.1 Å².